The summed E-state index contributed by atoms with van der Waals surface area (Å²) in [4.78, 5) is 49.1. The topological polar surface area (TPSA) is 151 Å². The molecule has 0 bridgehead atoms. The second-order valence-electron chi connectivity index (χ2n) is 13.6. The fourth-order valence-electron chi connectivity index (χ4n) is 6.54. The van der Waals surface area contributed by atoms with Crippen LogP contribution in [-0.2, 0) is 5.41 Å². The summed E-state index contributed by atoms with van der Waals surface area (Å²) >= 11 is 0. The first-order valence-electron chi connectivity index (χ1n) is 18.4. The molecule has 0 radical (unpaired) electrons. The number of aromatic carboxylic acids is 2. The van der Waals surface area contributed by atoms with E-state index in [0.29, 0.717) is 35.4 Å². The summed E-state index contributed by atoms with van der Waals surface area (Å²) in [5, 5.41) is 24.2. The Balaban J connectivity index is 1.16. The van der Waals surface area contributed by atoms with Crippen LogP contribution in [0.15, 0.2) is 147 Å². The number of carbonyl (C=O) groups excluding carboxylic acids is 2. The first-order valence-corrected chi connectivity index (χ1v) is 18.4. The van der Waals surface area contributed by atoms with E-state index in [-0.39, 0.29) is 56.6 Å². The summed E-state index contributed by atoms with van der Waals surface area (Å²) in [5.41, 5.74) is -6.07. The molecule has 0 heterocycles. The van der Waals surface area contributed by atoms with E-state index in [1.165, 1.54) is 97.1 Å². The van der Waals surface area contributed by atoms with E-state index in [0.717, 1.165) is 24.3 Å². The zero-order chi connectivity index (χ0) is 45.7. The third kappa shape index (κ3) is 9.44. The number of carbonyl (C=O) groups is 4. The fourth-order valence-corrected chi connectivity index (χ4v) is 6.54. The Kier molecular flexibility index (Phi) is 12.6. The van der Waals surface area contributed by atoms with Crippen LogP contribution in [0.25, 0.3) is 12.2 Å². The summed E-state index contributed by atoms with van der Waals surface area (Å²) in [7, 11) is 0. The van der Waals surface area contributed by atoms with Gasteiger partial charge in [0.25, 0.3) is 11.8 Å². The van der Waals surface area contributed by atoms with Gasteiger partial charge >= 0.3 is 24.3 Å². The highest BCUT2D eigenvalue weighted by Gasteiger charge is 2.72. The number of carboxylic acids is 2. The van der Waals surface area contributed by atoms with Crippen molar-refractivity contribution in [1.82, 2.24) is 0 Å². The lowest BCUT2D eigenvalue weighted by molar-refractivity contribution is -0.288. The zero-order valence-corrected chi connectivity index (χ0v) is 32.4. The van der Waals surface area contributed by atoms with Crippen molar-refractivity contribution in [1.29, 1.82) is 0 Å². The van der Waals surface area contributed by atoms with Crippen molar-refractivity contribution in [2.45, 2.75) is 17.8 Å². The molecule has 0 saturated carbocycles. The van der Waals surface area contributed by atoms with Gasteiger partial charge in [0.2, 0.25) is 5.41 Å². The molecule has 0 saturated heterocycles. The van der Waals surface area contributed by atoms with E-state index in [1.54, 1.807) is 0 Å². The van der Waals surface area contributed by atoms with E-state index in [2.05, 4.69) is 23.8 Å². The van der Waals surface area contributed by atoms with Crippen molar-refractivity contribution in [2.24, 2.45) is 0 Å². The predicted octanol–water partition coefficient (Wildman–Crippen LogP) is 11.9. The molecule has 0 atom stereocenters. The highest BCUT2D eigenvalue weighted by atomic mass is 19.4. The fraction of sp³-hybridized carbons (Fsp3) is 0.0638. The van der Waals surface area contributed by atoms with Crippen molar-refractivity contribution < 1.29 is 65.2 Å². The quantitative estimate of drug-likeness (QED) is 0.0790. The second kappa shape index (κ2) is 17.8. The molecule has 0 aliphatic rings. The molecule has 6 rings (SSSR count). The normalized spacial score (nSPS) is 11.5. The van der Waals surface area contributed by atoms with E-state index in [1.807, 2.05) is 0 Å². The Morgan fingerprint density at radius 2 is 0.762 bits per heavy atom. The number of carboxylic acid groups (broad SMARTS) is 2. The maximum Gasteiger partial charge on any atom is 0.411 e. The lowest BCUT2D eigenvalue weighted by Crippen LogP contribution is -2.54. The second-order valence-corrected chi connectivity index (χ2v) is 13.6. The molecular formula is C47H32F6N2O8. The predicted molar refractivity (Wildman–Crippen MR) is 222 cm³/mol. The summed E-state index contributed by atoms with van der Waals surface area (Å²) in [6.45, 7) is 7.15. The van der Waals surface area contributed by atoms with Gasteiger partial charge in [0.1, 0.15) is 23.0 Å². The van der Waals surface area contributed by atoms with E-state index >= 15 is 0 Å². The largest absolute Gasteiger partial charge is 0.478 e. The van der Waals surface area contributed by atoms with Gasteiger partial charge in [-0.1, -0.05) is 61.7 Å². The van der Waals surface area contributed by atoms with Gasteiger partial charge in [-0.15, -0.1) is 0 Å². The lowest BCUT2D eigenvalue weighted by atomic mass is 9.73. The maximum atomic E-state index is 14.9. The van der Waals surface area contributed by atoms with Crippen molar-refractivity contribution in [2.75, 3.05) is 10.6 Å². The first-order chi connectivity index (χ1) is 29.8. The molecule has 6 aromatic rings. The molecule has 6 aromatic carbocycles. The van der Waals surface area contributed by atoms with Crippen LogP contribution in [0.1, 0.15) is 63.7 Å². The number of amides is 2. The minimum Gasteiger partial charge on any atom is -0.478 e. The number of ether oxygens (including phenoxy) is 2. The van der Waals surface area contributed by atoms with E-state index in [4.69, 9.17) is 9.47 Å². The minimum atomic E-state index is -5.88. The van der Waals surface area contributed by atoms with Crippen LogP contribution in [0.4, 0.5) is 37.7 Å². The lowest BCUT2D eigenvalue weighted by Gasteiger charge is -2.38. The SMILES string of the molecule is C=Cc1ccc(C(=O)Nc2ccc(Oc3ccc(C(c4ccc(Oc5ccc(NC(=O)c6ccc(C=C)cc6C(=O)O)cc5)cc4)(C(F)(F)F)C(F)(F)F)cc3)cc2)c(C(=O)O)c1. The van der Waals surface area contributed by atoms with Gasteiger partial charge in [-0.05, 0) is 119 Å². The van der Waals surface area contributed by atoms with Gasteiger partial charge in [0.15, 0.2) is 0 Å². The number of rotatable bonds is 14. The molecule has 0 aromatic heterocycles. The van der Waals surface area contributed by atoms with Crippen LogP contribution in [0.3, 0.4) is 0 Å². The van der Waals surface area contributed by atoms with Crippen molar-refractivity contribution in [3.05, 3.63) is 191 Å². The summed E-state index contributed by atoms with van der Waals surface area (Å²) < 4.78 is 101. The highest BCUT2D eigenvalue weighted by Crippen LogP contribution is 2.56. The van der Waals surface area contributed by atoms with Crippen LogP contribution in [0.5, 0.6) is 23.0 Å². The minimum absolute atomic E-state index is 0.108. The van der Waals surface area contributed by atoms with Gasteiger partial charge < -0.3 is 30.3 Å². The molecule has 0 aliphatic carbocycles. The van der Waals surface area contributed by atoms with Gasteiger partial charge in [0.05, 0.1) is 22.3 Å². The third-order valence-corrected chi connectivity index (χ3v) is 9.63. The molecule has 0 spiro atoms. The monoisotopic (exact) mass is 866 g/mol. The van der Waals surface area contributed by atoms with E-state index < -0.39 is 52.6 Å². The van der Waals surface area contributed by atoms with Crippen LogP contribution in [0.2, 0.25) is 0 Å². The molecule has 63 heavy (non-hydrogen) atoms. The Labute approximate surface area is 354 Å². The Bertz CT molecular complexity index is 2520. The molecule has 10 nitrogen and oxygen atoms in total. The standard InChI is InChI=1S/C47H32F6N2O8/c1-3-27-5-23-37(39(25-27)43(58)59)41(56)54-31-11-19-35(20-12-31)62-33-15-7-29(8-16-33)45(46(48,49)50,47(51,52)53)30-9-17-34(18-10-30)63-36-21-13-32(14-22-36)55-42(57)38-24-6-28(4-2)26-40(38)44(60)61/h3-26H,1-2H2,(H,54,56)(H,55,57)(H,58,59)(H,60,61). The average molecular weight is 867 g/mol. The molecule has 0 fully saturated rings. The number of hydrogen-bond acceptors (Lipinski definition) is 6. The maximum absolute atomic E-state index is 14.9. The molecule has 2 amide bonds. The smallest absolute Gasteiger partial charge is 0.411 e. The van der Waals surface area contributed by atoms with Gasteiger partial charge in [-0.2, -0.15) is 26.3 Å². The zero-order valence-electron chi connectivity index (χ0n) is 32.4. The number of halogens is 6. The number of anilines is 2. The van der Waals surface area contributed by atoms with Crippen LogP contribution in [0, 0.1) is 0 Å². The van der Waals surface area contributed by atoms with E-state index in [9.17, 15) is 55.7 Å². The number of alkyl halides is 6. The molecule has 4 N–H and O–H groups in total. The number of hydrogen-bond donors (Lipinski definition) is 4. The van der Waals surface area contributed by atoms with Gasteiger partial charge in [0, 0.05) is 11.4 Å². The third-order valence-electron chi connectivity index (χ3n) is 9.63. The van der Waals surface area contributed by atoms with Crippen molar-refractivity contribution in [3.63, 3.8) is 0 Å². The number of nitrogens with one attached hydrogen (secondary N) is 2. The Morgan fingerprint density at radius 1 is 0.460 bits per heavy atom. The molecule has 0 unspecified atom stereocenters. The van der Waals surface area contributed by atoms with Gasteiger partial charge in [-0.25, -0.2) is 9.59 Å². The molecule has 320 valence electrons. The molecular weight excluding hydrogens is 835 g/mol. The van der Waals surface area contributed by atoms with Crippen LogP contribution >= 0.6 is 0 Å². The highest BCUT2D eigenvalue weighted by molar-refractivity contribution is 6.11. The molecule has 0 aliphatic heterocycles. The summed E-state index contributed by atoms with van der Waals surface area (Å²) in [5.74, 6) is -4.11. The Hall–Kier alpha value is -8.14. The number of benzene rings is 6. The molecule has 16 heteroatoms. The van der Waals surface area contributed by atoms with Crippen molar-refractivity contribution in [3.8, 4) is 23.0 Å². The summed E-state index contributed by atoms with van der Waals surface area (Å²) in [6, 6.07) is 25.8. The van der Waals surface area contributed by atoms with Crippen LogP contribution in [-0.4, -0.2) is 46.3 Å². The first kappa shape index (κ1) is 44.4. The average Bonchev–Trinajstić information content (AvgIpc) is 3.24. The Morgan fingerprint density at radius 3 is 1.03 bits per heavy atom. The van der Waals surface area contributed by atoms with Crippen molar-refractivity contribution >= 4 is 47.3 Å². The summed E-state index contributed by atoms with van der Waals surface area (Å²) in [6.07, 6.45) is -8.92. The van der Waals surface area contributed by atoms with Gasteiger partial charge in [-0.3, -0.25) is 9.59 Å². The van der Waals surface area contributed by atoms with Crippen LogP contribution < -0.4 is 20.1 Å².